The van der Waals surface area contributed by atoms with E-state index in [9.17, 15) is 8.78 Å². The van der Waals surface area contributed by atoms with Gasteiger partial charge >= 0.3 is 7.12 Å². The quantitative estimate of drug-likeness (QED) is 0.131. The number of ether oxygens (including phenoxy) is 2. The van der Waals surface area contributed by atoms with E-state index in [0.29, 0.717) is 11.5 Å². The number of fused-ring (bicyclic) bond motifs is 6. The molecule has 0 aliphatic carbocycles. The first-order valence-corrected chi connectivity index (χ1v) is 20.5. The van der Waals surface area contributed by atoms with Gasteiger partial charge in [-0.15, -0.1) is 0 Å². The molecule has 1 saturated heterocycles. The second kappa shape index (κ2) is 18.3. The molecule has 8 aromatic rings. The average molecular weight is 878 g/mol. The predicted molar refractivity (Wildman–Crippen MR) is 243 cm³/mol. The van der Waals surface area contributed by atoms with E-state index in [-0.39, 0.29) is 31.5 Å². The number of halogens is 3. The SMILES string of the molecule is CNc1ccc(-c2ccn3c(c2)nc2ccc(OCCF)cc23)cc1.CNc1ccc(B2OC(C)(C)C(C)(C)O2)cc1.FCCOc1ccc2nc3cc(Br)ccn3c2c1. The third-order valence-electron chi connectivity index (χ3n) is 10.6. The van der Waals surface area contributed by atoms with E-state index in [1.807, 2.05) is 102 Å². The molecule has 0 spiro atoms. The summed E-state index contributed by atoms with van der Waals surface area (Å²) >= 11 is 3.42. The van der Waals surface area contributed by atoms with Crippen LogP contribution in [0.2, 0.25) is 0 Å². The van der Waals surface area contributed by atoms with Crippen molar-refractivity contribution in [2.75, 3.05) is 51.3 Å². The number of nitrogens with one attached hydrogen (secondary N) is 2. The number of anilines is 2. The van der Waals surface area contributed by atoms with Crippen molar-refractivity contribution in [3.05, 3.63) is 126 Å². The summed E-state index contributed by atoms with van der Waals surface area (Å²) in [5.74, 6) is 1.31. The summed E-state index contributed by atoms with van der Waals surface area (Å²) in [6, 6.07) is 35.6. The maximum atomic E-state index is 12.3. The van der Waals surface area contributed by atoms with Crippen molar-refractivity contribution >= 4 is 73.2 Å². The summed E-state index contributed by atoms with van der Waals surface area (Å²) in [6.07, 6.45) is 3.94. The highest BCUT2D eigenvalue weighted by molar-refractivity contribution is 9.10. The van der Waals surface area contributed by atoms with E-state index in [1.165, 1.54) is 0 Å². The van der Waals surface area contributed by atoms with E-state index >= 15 is 0 Å². The number of imidazole rings is 2. The molecule has 0 saturated carbocycles. The summed E-state index contributed by atoms with van der Waals surface area (Å²) in [6.45, 7) is 7.41. The monoisotopic (exact) mass is 876 g/mol. The molecule has 0 unspecified atom stereocenters. The van der Waals surface area contributed by atoms with Crippen molar-refractivity contribution in [1.82, 2.24) is 18.8 Å². The van der Waals surface area contributed by atoms with Crippen LogP contribution >= 0.6 is 15.9 Å². The van der Waals surface area contributed by atoms with Gasteiger partial charge < -0.3 is 29.4 Å². The molecule has 1 aliphatic rings. The summed E-state index contributed by atoms with van der Waals surface area (Å²) < 4.78 is 52.0. The zero-order chi connectivity index (χ0) is 42.4. The lowest BCUT2D eigenvalue weighted by Crippen LogP contribution is -2.41. The van der Waals surface area contributed by atoms with Gasteiger partial charge in [0.05, 0.1) is 33.3 Å². The Morgan fingerprint density at radius 3 is 1.60 bits per heavy atom. The Balaban J connectivity index is 0.000000140. The van der Waals surface area contributed by atoms with Gasteiger partial charge in [-0.2, -0.15) is 0 Å². The fourth-order valence-corrected chi connectivity index (χ4v) is 6.97. The van der Waals surface area contributed by atoms with E-state index in [2.05, 4.69) is 101 Å². The van der Waals surface area contributed by atoms with Gasteiger partial charge in [0.1, 0.15) is 49.4 Å². The standard InChI is InChI=1S/C20H18FN3O.C13H20BNO2.C13H10BrFN2O/c1-22-16-4-2-14(3-5-16)15-8-10-24-19-13-17(25-11-9-21)6-7-18(19)23-20(24)12-15;1-12(2)13(3,4)17-14(16-12)10-6-8-11(15-5)9-7-10;14-9-3-5-17-12-8-10(18-6-4-15)1-2-11(12)16-13(17)7-9/h2-8,10,12-13,22H,9,11H2,1H3;6-9,15H,1-5H3;1-3,5,7-8H,4,6H2. The number of rotatable bonds is 10. The Morgan fingerprint density at radius 1 is 0.617 bits per heavy atom. The van der Waals surface area contributed by atoms with Crippen LogP contribution < -0.4 is 25.6 Å². The van der Waals surface area contributed by atoms with Crippen molar-refractivity contribution in [2.45, 2.75) is 38.9 Å². The van der Waals surface area contributed by atoms with Gasteiger partial charge in [0.25, 0.3) is 0 Å². The first-order valence-electron chi connectivity index (χ1n) is 19.7. The zero-order valence-electron chi connectivity index (χ0n) is 34.5. The normalized spacial score (nSPS) is 14.1. The number of hydrogen-bond acceptors (Lipinski definition) is 8. The van der Waals surface area contributed by atoms with Crippen LogP contribution in [0.5, 0.6) is 11.5 Å². The summed E-state index contributed by atoms with van der Waals surface area (Å²) in [5.41, 5.74) is 10.3. The Kier molecular flexibility index (Phi) is 12.9. The van der Waals surface area contributed by atoms with Crippen LogP contribution in [-0.2, 0) is 9.31 Å². The fraction of sp³-hybridized carbons (Fsp3) is 0.261. The Hall–Kier alpha value is -5.70. The van der Waals surface area contributed by atoms with Crippen LogP contribution in [0, 0.1) is 0 Å². The molecule has 9 rings (SSSR count). The minimum atomic E-state index is -0.499. The molecular weight excluding hydrogens is 829 g/mol. The Bertz CT molecular complexity index is 2690. The number of benzene rings is 4. The molecule has 0 atom stereocenters. The maximum Gasteiger partial charge on any atom is 0.494 e. The van der Waals surface area contributed by atoms with Gasteiger partial charge in [0.15, 0.2) is 0 Å². The highest BCUT2D eigenvalue weighted by atomic mass is 79.9. The predicted octanol–water partition coefficient (Wildman–Crippen LogP) is 10.2. The molecule has 14 heteroatoms. The third kappa shape index (κ3) is 9.36. The van der Waals surface area contributed by atoms with Crippen molar-refractivity contribution in [3.63, 3.8) is 0 Å². The van der Waals surface area contributed by atoms with Crippen molar-refractivity contribution < 1.29 is 27.6 Å². The van der Waals surface area contributed by atoms with E-state index < -0.39 is 13.3 Å². The number of alkyl halides is 2. The number of nitrogens with zero attached hydrogens (tertiary/aromatic N) is 4. The van der Waals surface area contributed by atoms with Gasteiger partial charge in [-0.25, -0.2) is 18.7 Å². The molecule has 2 N–H and O–H groups in total. The van der Waals surface area contributed by atoms with Crippen LogP contribution in [0.4, 0.5) is 20.2 Å². The lowest BCUT2D eigenvalue weighted by molar-refractivity contribution is 0.00578. The molecule has 60 heavy (non-hydrogen) atoms. The first-order chi connectivity index (χ1) is 28.9. The molecule has 0 radical (unpaired) electrons. The molecular formula is C46H48BBrF2N6O4. The summed E-state index contributed by atoms with van der Waals surface area (Å²) in [5, 5.41) is 6.22. The summed E-state index contributed by atoms with van der Waals surface area (Å²) in [4.78, 5) is 9.18. The second-order valence-corrected chi connectivity index (χ2v) is 16.0. The number of aromatic nitrogens is 4. The molecule has 5 heterocycles. The van der Waals surface area contributed by atoms with Gasteiger partial charge in [-0.05, 0) is 117 Å². The van der Waals surface area contributed by atoms with Gasteiger partial charge in [0, 0.05) is 54.5 Å². The van der Waals surface area contributed by atoms with Crippen LogP contribution in [0.15, 0.2) is 126 Å². The topological polar surface area (TPSA) is 95.6 Å². The summed E-state index contributed by atoms with van der Waals surface area (Å²) in [7, 11) is 3.54. The molecule has 0 bridgehead atoms. The molecule has 0 amide bonds. The van der Waals surface area contributed by atoms with E-state index in [1.54, 1.807) is 6.07 Å². The molecule has 1 aliphatic heterocycles. The van der Waals surface area contributed by atoms with Gasteiger partial charge in [0.2, 0.25) is 0 Å². The number of hydrogen-bond donors (Lipinski definition) is 2. The smallest absolute Gasteiger partial charge is 0.491 e. The number of pyridine rings is 2. The molecule has 310 valence electrons. The van der Waals surface area contributed by atoms with Crippen molar-refractivity contribution in [1.29, 1.82) is 0 Å². The average Bonchev–Trinajstić information content (AvgIpc) is 3.88. The third-order valence-corrected chi connectivity index (χ3v) is 11.1. The highest BCUT2D eigenvalue weighted by Crippen LogP contribution is 2.36. The molecule has 4 aromatic heterocycles. The first kappa shape index (κ1) is 42.4. The fourth-order valence-electron chi connectivity index (χ4n) is 6.65. The van der Waals surface area contributed by atoms with Gasteiger partial charge in [-0.1, -0.05) is 40.2 Å². The Labute approximate surface area is 357 Å². The van der Waals surface area contributed by atoms with E-state index in [4.69, 9.17) is 18.8 Å². The van der Waals surface area contributed by atoms with Crippen molar-refractivity contribution in [3.8, 4) is 22.6 Å². The maximum absolute atomic E-state index is 12.3. The second-order valence-electron chi connectivity index (χ2n) is 15.1. The largest absolute Gasteiger partial charge is 0.494 e. The highest BCUT2D eigenvalue weighted by Gasteiger charge is 2.51. The molecule has 1 fully saturated rings. The van der Waals surface area contributed by atoms with Crippen LogP contribution in [0.3, 0.4) is 0 Å². The minimum Gasteiger partial charge on any atom is -0.491 e. The van der Waals surface area contributed by atoms with Crippen molar-refractivity contribution in [2.24, 2.45) is 0 Å². The molecule has 10 nitrogen and oxygen atoms in total. The van der Waals surface area contributed by atoms with Crippen LogP contribution in [0.1, 0.15) is 27.7 Å². The van der Waals surface area contributed by atoms with Crippen LogP contribution in [0.25, 0.3) is 44.5 Å². The lowest BCUT2D eigenvalue weighted by atomic mass is 9.79. The lowest BCUT2D eigenvalue weighted by Gasteiger charge is -2.32. The Morgan fingerprint density at radius 2 is 1.10 bits per heavy atom. The van der Waals surface area contributed by atoms with Crippen LogP contribution in [-0.4, -0.2) is 77.7 Å². The molecule has 4 aromatic carbocycles. The minimum absolute atomic E-state index is 0.0645. The van der Waals surface area contributed by atoms with E-state index in [0.717, 1.165) is 65.8 Å². The van der Waals surface area contributed by atoms with Gasteiger partial charge in [-0.3, -0.25) is 8.80 Å². The zero-order valence-corrected chi connectivity index (χ0v) is 36.1.